The Morgan fingerprint density at radius 1 is 1.00 bits per heavy atom. The van der Waals surface area contributed by atoms with Gasteiger partial charge in [-0.3, -0.25) is 0 Å². The highest BCUT2D eigenvalue weighted by atomic mass is 16.8. The molecule has 5 nitrogen and oxygen atoms in total. The molecule has 1 unspecified atom stereocenters. The lowest BCUT2D eigenvalue weighted by Crippen LogP contribution is -2.48. The number of ether oxygens (including phenoxy) is 3. The van der Waals surface area contributed by atoms with E-state index >= 15 is 0 Å². The minimum Gasteiger partial charge on any atom is -0.478 e. The number of rotatable bonds is 7. The van der Waals surface area contributed by atoms with E-state index in [9.17, 15) is 4.79 Å². The van der Waals surface area contributed by atoms with Gasteiger partial charge in [-0.2, -0.15) is 0 Å². The minimum absolute atomic E-state index is 0.134. The fourth-order valence-electron chi connectivity index (χ4n) is 6.80. The lowest BCUT2D eigenvalue weighted by molar-refractivity contribution is -0.231. The normalized spacial score (nSPS) is 27.6. The topological polar surface area (TPSA) is 65.0 Å². The number of hydrogen-bond acceptors (Lipinski definition) is 4. The van der Waals surface area contributed by atoms with Crippen molar-refractivity contribution in [2.45, 2.75) is 57.3 Å². The summed E-state index contributed by atoms with van der Waals surface area (Å²) in [5, 5.41) is 9.10. The molecule has 0 aromatic heterocycles. The second-order valence-corrected chi connectivity index (χ2v) is 10.1. The third kappa shape index (κ3) is 4.58. The smallest absolute Gasteiger partial charge is 0.335 e. The van der Waals surface area contributed by atoms with Crippen molar-refractivity contribution in [1.82, 2.24) is 0 Å². The predicted octanol–water partition coefficient (Wildman–Crippen LogP) is 5.60. The van der Waals surface area contributed by atoms with Crippen LogP contribution in [-0.4, -0.2) is 31.3 Å². The first-order chi connectivity index (χ1) is 16.5. The van der Waals surface area contributed by atoms with E-state index in [0.717, 1.165) is 34.6 Å². The number of methoxy groups -OCH3 is 1. The molecule has 4 aliphatic carbocycles. The third-order valence-corrected chi connectivity index (χ3v) is 7.79. The summed E-state index contributed by atoms with van der Waals surface area (Å²) in [6, 6.07) is 12.9. The Kier molecular flexibility index (Phi) is 6.38. The molecule has 0 radical (unpaired) electrons. The molecule has 4 fully saturated rings. The van der Waals surface area contributed by atoms with Crippen LogP contribution >= 0.6 is 0 Å². The first kappa shape index (κ1) is 23.0. The molecule has 0 aliphatic heterocycles. The van der Waals surface area contributed by atoms with Gasteiger partial charge in [0.2, 0.25) is 0 Å². The van der Waals surface area contributed by atoms with E-state index in [-0.39, 0.29) is 11.0 Å². The van der Waals surface area contributed by atoms with Gasteiger partial charge in [0, 0.05) is 23.8 Å². The fourth-order valence-corrected chi connectivity index (χ4v) is 6.80. The second-order valence-electron chi connectivity index (χ2n) is 10.1. The molecule has 178 valence electrons. The Hall–Kier alpha value is -2.81. The molecule has 4 bridgehead atoms. The average molecular weight is 461 g/mol. The predicted molar refractivity (Wildman–Crippen MR) is 129 cm³/mol. The standard InChI is InChI=1S/C29H32O5/c1-3-33-28(32-2)34-26-11-8-20(5-4-19-6-9-24(10-7-19)27(30)31)15-25(26)29-16-21-12-22(17-29)14-23(13-21)18-29/h6-11,15,21-23,28H,3,12-14,16-18H2,1-2H3,(H,30,31). The van der Waals surface area contributed by atoms with Gasteiger partial charge in [0.25, 0.3) is 0 Å². The van der Waals surface area contributed by atoms with Gasteiger partial charge in [-0.25, -0.2) is 4.79 Å². The number of aromatic carboxylic acids is 1. The van der Waals surface area contributed by atoms with E-state index in [4.69, 9.17) is 19.3 Å². The van der Waals surface area contributed by atoms with Crippen molar-refractivity contribution in [2.24, 2.45) is 17.8 Å². The molecule has 2 aromatic rings. The molecule has 0 saturated heterocycles. The van der Waals surface area contributed by atoms with Crippen LogP contribution in [0, 0.1) is 29.6 Å². The molecule has 2 aromatic carbocycles. The van der Waals surface area contributed by atoms with Gasteiger partial charge in [-0.1, -0.05) is 11.8 Å². The summed E-state index contributed by atoms with van der Waals surface area (Å²) in [4.78, 5) is 11.1. The summed E-state index contributed by atoms with van der Waals surface area (Å²) < 4.78 is 17.3. The van der Waals surface area contributed by atoms with E-state index in [1.807, 2.05) is 19.1 Å². The number of carbonyl (C=O) groups is 1. The summed E-state index contributed by atoms with van der Waals surface area (Å²) in [5.74, 6) is 8.81. The Balaban J connectivity index is 1.49. The van der Waals surface area contributed by atoms with E-state index in [2.05, 4.69) is 17.9 Å². The van der Waals surface area contributed by atoms with Crippen molar-refractivity contribution < 1.29 is 24.1 Å². The highest BCUT2D eigenvalue weighted by Crippen LogP contribution is 2.62. The monoisotopic (exact) mass is 460 g/mol. The minimum atomic E-state index is -0.934. The lowest BCUT2D eigenvalue weighted by Gasteiger charge is -2.57. The Morgan fingerprint density at radius 2 is 1.59 bits per heavy atom. The summed E-state index contributed by atoms with van der Waals surface area (Å²) >= 11 is 0. The van der Waals surface area contributed by atoms with Crippen LogP contribution in [0.3, 0.4) is 0 Å². The zero-order valence-electron chi connectivity index (χ0n) is 19.9. The summed E-state index contributed by atoms with van der Waals surface area (Å²) in [5.41, 5.74) is 3.36. The van der Waals surface area contributed by atoms with Crippen LogP contribution in [0.15, 0.2) is 42.5 Å². The number of hydrogen-bond donors (Lipinski definition) is 1. The molecular formula is C29H32O5. The molecule has 34 heavy (non-hydrogen) atoms. The molecule has 5 heteroatoms. The molecule has 1 N–H and O–H groups in total. The molecule has 0 spiro atoms. The van der Waals surface area contributed by atoms with Crippen LogP contribution in [0.1, 0.15) is 72.5 Å². The number of carboxylic acids is 1. The molecule has 4 aliphatic rings. The molecule has 0 amide bonds. The maximum Gasteiger partial charge on any atom is 0.335 e. The third-order valence-electron chi connectivity index (χ3n) is 7.79. The van der Waals surface area contributed by atoms with Crippen molar-refractivity contribution in [3.05, 3.63) is 64.7 Å². The van der Waals surface area contributed by atoms with E-state index in [1.165, 1.54) is 44.1 Å². The zero-order valence-corrected chi connectivity index (χ0v) is 19.9. The Labute approximate surface area is 201 Å². The molecule has 4 saturated carbocycles. The van der Waals surface area contributed by atoms with E-state index in [0.29, 0.717) is 6.61 Å². The summed E-state index contributed by atoms with van der Waals surface area (Å²) in [7, 11) is 1.60. The van der Waals surface area contributed by atoms with Crippen molar-refractivity contribution in [3.63, 3.8) is 0 Å². The van der Waals surface area contributed by atoms with Crippen LogP contribution in [0.5, 0.6) is 5.75 Å². The largest absolute Gasteiger partial charge is 0.478 e. The van der Waals surface area contributed by atoms with Gasteiger partial charge in [0.15, 0.2) is 0 Å². The van der Waals surface area contributed by atoms with Crippen LogP contribution < -0.4 is 4.74 Å². The van der Waals surface area contributed by atoms with Crippen LogP contribution in [0.25, 0.3) is 0 Å². The van der Waals surface area contributed by atoms with Crippen molar-refractivity contribution in [3.8, 4) is 17.6 Å². The number of benzene rings is 2. The van der Waals surface area contributed by atoms with Gasteiger partial charge >= 0.3 is 12.4 Å². The van der Waals surface area contributed by atoms with Gasteiger partial charge in [-0.15, -0.1) is 0 Å². The molecule has 6 rings (SSSR count). The van der Waals surface area contributed by atoms with Crippen LogP contribution in [-0.2, 0) is 14.9 Å². The van der Waals surface area contributed by atoms with Gasteiger partial charge < -0.3 is 19.3 Å². The molecule has 1 atom stereocenters. The zero-order chi connectivity index (χ0) is 23.7. The Morgan fingerprint density at radius 3 is 2.15 bits per heavy atom. The van der Waals surface area contributed by atoms with Crippen molar-refractivity contribution in [1.29, 1.82) is 0 Å². The fraction of sp³-hybridized carbons (Fsp3) is 0.483. The summed E-state index contributed by atoms with van der Waals surface area (Å²) in [6.07, 6.45) is 7.78. The van der Waals surface area contributed by atoms with E-state index < -0.39 is 12.4 Å². The van der Waals surface area contributed by atoms with Gasteiger partial charge in [-0.05, 0) is 111 Å². The number of carboxylic acid groups (broad SMARTS) is 1. The first-order valence-electron chi connectivity index (χ1n) is 12.3. The average Bonchev–Trinajstić information content (AvgIpc) is 2.82. The lowest BCUT2D eigenvalue weighted by atomic mass is 9.48. The maximum absolute atomic E-state index is 11.1. The van der Waals surface area contributed by atoms with Crippen molar-refractivity contribution in [2.75, 3.05) is 13.7 Å². The summed E-state index contributed by atoms with van der Waals surface area (Å²) in [6.45, 7) is 1.70. The molecule has 0 heterocycles. The second kappa shape index (κ2) is 9.44. The van der Waals surface area contributed by atoms with Gasteiger partial charge in [0.05, 0.1) is 12.2 Å². The maximum atomic E-state index is 11.1. The Bertz CT molecular complexity index is 1070. The van der Waals surface area contributed by atoms with Crippen LogP contribution in [0.2, 0.25) is 0 Å². The highest BCUT2D eigenvalue weighted by molar-refractivity contribution is 5.87. The van der Waals surface area contributed by atoms with Gasteiger partial charge in [0.1, 0.15) is 5.75 Å². The van der Waals surface area contributed by atoms with Crippen molar-refractivity contribution >= 4 is 5.97 Å². The highest BCUT2D eigenvalue weighted by Gasteiger charge is 2.52. The van der Waals surface area contributed by atoms with Crippen LogP contribution in [0.4, 0.5) is 0 Å². The molecular weight excluding hydrogens is 428 g/mol. The SMILES string of the molecule is CCOC(OC)Oc1ccc(C#Cc2ccc(C(=O)O)cc2)cc1C12CC3CC(CC(C3)C1)C2. The first-order valence-corrected chi connectivity index (χ1v) is 12.3. The quantitative estimate of drug-likeness (QED) is 0.431. The van der Waals surface area contributed by atoms with E-state index in [1.54, 1.807) is 31.4 Å².